The molecule has 2 aromatic carbocycles. The first-order valence-electron chi connectivity index (χ1n) is 22.5. The number of ether oxygens (including phenoxy) is 3. The number of hydrogen-bond donors (Lipinski definition) is 2. The van der Waals surface area contributed by atoms with Crippen molar-refractivity contribution in [2.75, 3.05) is 41.9 Å². The van der Waals surface area contributed by atoms with Crippen molar-refractivity contribution in [3.05, 3.63) is 71.3 Å². The fraction of sp³-hybridized carbons (Fsp3) is 0.633. The summed E-state index contributed by atoms with van der Waals surface area (Å²) in [6.45, 7) is 17.3. The normalized spacial score (nSPS) is 18.4. The number of ketones is 1. The summed E-state index contributed by atoms with van der Waals surface area (Å²) in [5.74, 6) is -2.62. The van der Waals surface area contributed by atoms with Gasteiger partial charge in [-0.1, -0.05) is 97.4 Å². The van der Waals surface area contributed by atoms with Crippen LogP contribution < -0.4 is 10.6 Å². The summed E-state index contributed by atoms with van der Waals surface area (Å²) >= 11 is 0. The number of methoxy groups -OCH3 is 2. The Hall–Kier alpha value is -4.66. The molecule has 10 atom stereocenters. The lowest BCUT2D eigenvalue weighted by atomic mass is 9.89. The minimum Gasteiger partial charge on any atom is -0.452 e. The van der Waals surface area contributed by atoms with Crippen molar-refractivity contribution >= 4 is 35.4 Å². The van der Waals surface area contributed by atoms with E-state index in [1.807, 2.05) is 90.9 Å². The number of likely N-dealkylation sites (tertiary alicyclic amines) is 1. The zero-order valence-corrected chi connectivity index (χ0v) is 40.2. The molecule has 0 saturated carbocycles. The van der Waals surface area contributed by atoms with Gasteiger partial charge < -0.3 is 34.6 Å². The molecule has 0 spiro atoms. The number of Topliss-reactive ketones (excluding diaryl/α,β-unsaturated/α-hetero) is 1. The lowest BCUT2D eigenvalue weighted by Gasteiger charge is -2.41. The minimum absolute atomic E-state index is 0.00989. The van der Waals surface area contributed by atoms with Gasteiger partial charge in [-0.2, -0.15) is 0 Å². The summed E-state index contributed by atoms with van der Waals surface area (Å²) < 4.78 is 18.1. The Morgan fingerprint density at radius 2 is 1.40 bits per heavy atom. The third kappa shape index (κ3) is 13.7. The van der Waals surface area contributed by atoms with Crippen LogP contribution in [0.4, 0.5) is 0 Å². The summed E-state index contributed by atoms with van der Waals surface area (Å²) in [7, 11) is 8.51. The van der Waals surface area contributed by atoms with Crippen molar-refractivity contribution in [2.45, 2.75) is 137 Å². The maximum atomic E-state index is 14.4. The maximum absolute atomic E-state index is 14.4. The molecular formula is C49H75N5O9. The largest absolute Gasteiger partial charge is 0.452 e. The number of amides is 4. The average molecular weight is 878 g/mol. The van der Waals surface area contributed by atoms with Crippen molar-refractivity contribution in [1.82, 2.24) is 25.3 Å². The standard InChI is InChI=1S/C49H75N5O9/c1-15-31(6)43(53(12)48(59)41(29(2)3)51-47(58)42(30(4)5)52(10)11)39(61-13)28-40(56)54-27-19-22-38(54)44(62-14)32(7)46(57)50-33(8)45(36-20-17-16-18-21-36)63-49(60)37-25-23-35(24-26-37)34(9)55/h16-18,20-21,23-26,29-33,38-39,41-45H,15,19,22,27-28H2,1-14H3,(H,50,57)(H,51,58)/t31?,32?,33-,38?,39-,41+,42+,43?,44-,45?/m1/s1. The lowest BCUT2D eigenvalue weighted by molar-refractivity contribution is -0.148. The molecular weight excluding hydrogens is 803 g/mol. The van der Waals surface area contributed by atoms with Crippen LogP contribution in [0.25, 0.3) is 0 Å². The number of carbonyl (C=O) groups excluding carboxylic acids is 6. The predicted octanol–water partition coefficient (Wildman–Crippen LogP) is 5.94. The van der Waals surface area contributed by atoms with E-state index in [0.29, 0.717) is 36.9 Å². The molecule has 2 N–H and O–H groups in total. The van der Waals surface area contributed by atoms with Gasteiger partial charge in [-0.3, -0.25) is 28.9 Å². The second-order valence-electron chi connectivity index (χ2n) is 18.1. The Bertz CT molecular complexity index is 1810. The second kappa shape index (κ2) is 24.4. The molecule has 4 amide bonds. The molecule has 14 nitrogen and oxygen atoms in total. The monoisotopic (exact) mass is 878 g/mol. The molecule has 5 unspecified atom stereocenters. The van der Waals surface area contributed by atoms with Gasteiger partial charge in [0, 0.05) is 33.4 Å². The van der Waals surface area contributed by atoms with Crippen molar-refractivity contribution < 1.29 is 43.0 Å². The summed E-state index contributed by atoms with van der Waals surface area (Å²) in [4.78, 5) is 86.7. The molecule has 1 heterocycles. The molecule has 0 radical (unpaired) electrons. The fourth-order valence-electron chi connectivity index (χ4n) is 8.97. The molecule has 0 aromatic heterocycles. The molecule has 1 fully saturated rings. The van der Waals surface area contributed by atoms with Crippen LogP contribution in [0.2, 0.25) is 0 Å². The first kappa shape index (κ1) is 52.7. The van der Waals surface area contributed by atoms with E-state index in [1.54, 1.807) is 62.1 Å². The van der Waals surface area contributed by atoms with Crippen LogP contribution in [0.3, 0.4) is 0 Å². The summed E-state index contributed by atoms with van der Waals surface area (Å²) in [5.41, 5.74) is 1.43. The van der Waals surface area contributed by atoms with Gasteiger partial charge in [-0.05, 0) is 76.2 Å². The molecule has 1 saturated heterocycles. The third-order valence-electron chi connectivity index (χ3n) is 12.7. The van der Waals surface area contributed by atoms with E-state index in [2.05, 4.69) is 10.6 Å². The van der Waals surface area contributed by atoms with E-state index in [-0.39, 0.29) is 59.1 Å². The highest BCUT2D eigenvalue weighted by atomic mass is 16.5. The Morgan fingerprint density at radius 3 is 1.90 bits per heavy atom. The number of benzene rings is 2. The Labute approximate surface area is 376 Å². The van der Waals surface area contributed by atoms with Gasteiger partial charge in [0.25, 0.3) is 0 Å². The van der Waals surface area contributed by atoms with Gasteiger partial charge in [-0.15, -0.1) is 0 Å². The molecule has 1 aliphatic rings. The first-order chi connectivity index (χ1) is 29.7. The lowest BCUT2D eigenvalue weighted by Crippen LogP contribution is -2.59. The molecule has 0 aliphatic carbocycles. The highest BCUT2D eigenvalue weighted by molar-refractivity contribution is 5.96. The molecule has 3 rings (SSSR count). The molecule has 350 valence electrons. The molecule has 1 aliphatic heterocycles. The quantitative estimate of drug-likeness (QED) is 0.101. The summed E-state index contributed by atoms with van der Waals surface area (Å²) in [6.07, 6.45) is -0.131. The van der Waals surface area contributed by atoms with Crippen LogP contribution in [-0.2, 0) is 33.4 Å². The molecule has 2 aromatic rings. The van der Waals surface area contributed by atoms with Crippen LogP contribution in [0.15, 0.2) is 54.6 Å². The Kier molecular flexibility index (Phi) is 20.4. The van der Waals surface area contributed by atoms with Crippen molar-refractivity contribution in [2.24, 2.45) is 23.7 Å². The highest BCUT2D eigenvalue weighted by Gasteiger charge is 2.43. The number of rotatable bonds is 23. The van der Waals surface area contributed by atoms with Crippen molar-refractivity contribution in [1.29, 1.82) is 0 Å². The molecule has 14 heteroatoms. The maximum Gasteiger partial charge on any atom is 0.338 e. The van der Waals surface area contributed by atoms with E-state index in [9.17, 15) is 28.8 Å². The summed E-state index contributed by atoms with van der Waals surface area (Å²) in [6, 6.07) is 12.6. The smallest absolute Gasteiger partial charge is 0.338 e. The number of esters is 1. The third-order valence-corrected chi connectivity index (χ3v) is 12.7. The number of likely N-dealkylation sites (N-methyl/N-ethyl adjacent to an activating group) is 2. The van der Waals surface area contributed by atoms with Gasteiger partial charge in [0.1, 0.15) is 12.1 Å². The average Bonchev–Trinajstić information content (AvgIpc) is 3.73. The van der Waals surface area contributed by atoms with Gasteiger partial charge in [0.05, 0.1) is 54.3 Å². The zero-order chi connectivity index (χ0) is 47.3. The fourth-order valence-corrected chi connectivity index (χ4v) is 8.97. The predicted molar refractivity (Wildman–Crippen MR) is 244 cm³/mol. The van der Waals surface area contributed by atoms with Gasteiger partial charge in [0.2, 0.25) is 23.6 Å². The van der Waals surface area contributed by atoms with E-state index in [4.69, 9.17) is 14.2 Å². The number of carbonyl (C=O) groups is 6. The number of hydrogen-bond acceptors (Lipinski definition) is 10. The van der Waals surface area contributed by atoms with Gasteiger partial charge >= 0.3 is 5.97 Å². The first-order valence-corrected chi connectivity index (χ1v) is 22.5. The highest BCUT2D eigenvalue weighted by Crippen LogP contribution is 2.31. The Morgan fingerprint density at radius 1 is 0.794 bits per heavy atom. The van der Waals surface area contributed by atoms with Crippen LogP contribution >= 0.6 is 0 Å². The second-order valence-corrected chi connectivity index (χ2v) is 18.1. The van der Waals surface area contributed by atoms with E-state index in [1.165, 1.54) is 14.0 Å². The van der Waals surface area contributed by atoms with Crippen molar-refractivity contribution in [3.63, 3.8) is 0 Å². The zero-order valence-electron chi connectivity index (χ0n) is 40.2. The number of nitrogens with one attached hydrogen (secondary N) is 2. The van der Waals surface area contributed by atoms with Gasteiger partial charge in [0.15, 0.2) is 5.78 Å². The molecule has 63 heavy (non-hydrogen) atoms. The van der Waals surface area contributed by atoms with Gasteiger partial charge in [-0.25, -0.2) is 4.79 Å². The number of nitrogens with zero attached hydrogens (tertiary/aromatic N) is 3. The molecule has 0 bridgehead atoms. The van der Waals surface area contributed by atoms with Crippen LogP contribution in [0, 0.1) is 23.7 Å². The van der Waals surface area contributed by atoms with E-state index in [0.717, 1.165) is 0 Å². The topological polar surface area (TPSA) is 164 Å². The minimum atomic E-state index is -0.843. The van der Waals surface area contributed by atoms with E-state index >= 15 is 0 Å². The van der Waals surface area contributed by atoms with Crippen LogP contribution in [0.5, 0.6) is 0 Å². The summed E-state index contributed by atoms with van der Waals surface area (Å²) in [5, 5.41) is 6.09. The van der Waals surface area contributed by atoms with Crippen LogP contribution in [-0.4, -0.2) is 134 Å². The SMILES string of the molecule is CCC(C)C([C@@H](CC(=O)N1CCCC1[C@H](OC)C(C)C(=O)N[C@H](C)C(OC(=O)c1ccc(C(C)=O)cc1)c1ccccc1)OC)N(C)C(=O)[C@@H](NC(=O)[C@H](C(C)C)N(C)C)C(C)C. The van der Waals surface area contributed by atoms with Crippen LogP contribution in [0.1, 0.15) is 120 Å². The van der Waals surface area contributed by atoms with Crippen molar-refractivity contribution in [3.8, 4) is 0 Å². The Balaban J connectivity index is 1.80. The van der Waals surface area contributed by atoms with E-state index < -0.39 is 60.4 Å².